The largest absolute Gasteiger partial charge is 0.321 e. The zero-order valence-electron chi connectivity index (χ0n) is 10.7. The first-order valence-corrected chi connectivity index (χ1v) is 6.69. The van der Waals surface area contributed by atoms with Gasteiger partial charge in [-0.05, 0) is 25.1 Å². The zero-order chi connectivity index (χ0) is 14.5. The third-order valence-electron chi connectivity index (χ3n) is 2.50. The summed E-state index contributed by atoms with van der Waals surface area (Å²) in [6, 6.07) is 4.33. The third-order valence-corrected chi connectivity index (χ3v) is 3.43. The highest BCUT2D eigenvalue weighted by Crippen LogP contribution is 2.17. The van der Waals surface area contributed by atoms with Crippen molar-refractivity contribution in [3.05, 3.63) is 45.7 Å². The monoisotopic (exact) mass is 289 g/mol. The molecule has 0 aliphatic heterocycles. The molecule has 0 aliphatic carbocycles. The summed E-state index contributed by atoms with van der Waals surface area (Å²) in [7, 11) is 0. The Morgan fingerprint density at radius 2 is 2.35 bits per heavy atom. The van der Waals surface area contributed by atoms with Crippen LogP contribution in [0.1, 0.15) is 20.9 Å². The quantitative estimate of drug-likeness (QED) is 0.832. The van der Waals surface area contributed by atoms with Gasteiger partial charge in [-0.3, -0.25) is 4.79 Å². The van der Waals surface area contributed by atoms with Crippen LogP contribution in [0.2, 0.25) is 0 Å². The average Bonchev–Trinajstić information content (AvgIpc) is 2.84. The molecule has 1 amide bonds. The number of amides is 1. The number of thiazole rings is 1. The van der Waals surface area contributed by atoms with E-state index in [2.05, 4.69) is 22.1 Å². The second kappa shape index (κ2) is 6.28. The number of anilines is 1. The first-order valence-electron chi connectivity index (χ1n) is 5.81. The minimum Gasteiger partial charge on any atom is -0.321 e. The molecule has 1 aromatic carbocycles. The van der Waals surface area contributed by atoms with Crippen molar-refractivity contribution in [3.8, 4) is 11.8 Å². The van der Waals surface area contributed by atoms with Gasteiger partial charge >= 0.3 is 0 Å². The van der Waals surface area contributed by atoms with Crippen LogP contribution >= 0.6 is 11.3 Å². The van der Waals surface area contributed by atoms with Crippen molar-refractivity contribution in [1.29, 1.82) is 0 Å². The lowest BCUT2D eigenvalue weighted by atomic mass is 10.2. The number of halogens is 1. The molecule has 0 unspecified atom stereocenters. The van der Waals surface area contributed by atoms with E-state index in [-0.39, 0.29) is 18.0 Å². The molecule has 0 spiro atoms. The fourth-order valence-electron chi connectivity index (χ4n) is 1.55. The predicted molar refractivity (Wildman–Crippen MR) is 77.1 cm³/mol. The smallest absolute Gasteiger partial charge is 0.267 e. The SMILES string of the molecule is Cc1ncsc1C(=O)Nc1ccc(C#CCN)c(F)c1. The molecule has 0 bridgehead atoms. The van der Waals surface area contributed by atoms with Crippen molar-refractivity contribution >= 4 is 22.9 Å². The molecule has 2 aromatic rings. The number of nitrogens with one attached hydrogen (secondary N) is 1. The fraction of sp³-hybridized carbons (Fsp3) is 0.143. The number of aromatic nitrogens is 1. The van der Waals surface area contributed by atoms with Crippen LogP contribution in [0.25, 0.3) is 0 Å². The molecule has 0 aliphatic rings. The van der Waals surface area contributed by atoms with E-state index in [1.807, 2.05) is 0 Å². The summed E-state index contributed by atoms with van der Waals surface area (Å²) in [6.07, 6.45) is 0. The summed E-state index contributed by atoms with van der Waals surface area (Å²) in [5.74, 6) is 4.40. The minimum atomic E-state index is -0.496. The topological polar surface area (TPSA) is 68.0 Å². The van der Waals surface area contributed by atoms with Gasteiger partial charge in [0, 0.05) is 5.69 Å². The van der Waals surface area contributed by atoms with E-state index in [4.69, 9.17) is 5.73 Å². The van der Waals surface area contributed by atoms with Gasteiger partial charge < -0.3 is 11.1 Å². The minimum absolute atomic E-state index is 0.169. The number of aryl methyl sites for hydroxylation is 1. The maximum absolute atomic E-state index is 13.7. The lowest BCUT2D eigenvalue weighted by molar-refractivity contribution is 0.103. The van der Waals surface area contributed by atoms with Crippen molar-refractivity contribution in [2.75, 3.05) is 11.9 Å². The summed E-state index contributed by atoms with van der Waals surface area (Å²) >= 11 is 1.24. The van der Waals surface area contributed by atoms with E-state index in [1.54, 1.807) is 18.5 Å². The van der Waals surface area contributed by atoms with Crippen LogP contribution in [0, 0.1) is 24.6 Å². The number of hydrogen-bond acceptors (Lipinski definition) is 4. The van der Waals surface area contributed by atoms with E-state index in [0.29, 0.717) is 16.3 Å². The highest BCUT2D eigenvalue weighted by Gasteiger charge is 2.12. The molecule has 1 aromatic heterocycles. The van der Waals surface area contributed by atoms with Gasteiger partial charge in [-0.15, -0.1) is 11.3 Å². The van der Waals surface area contributed by atoms with E-state index >= 15 is 0 Å². The third kappa shape index (κ3) is 3.20. The zero-order valence-corrected chi connectivity index (χ0v) is 11.6. The Hall–Kier alpha value is -2.23. The molecular weight excluding hydrogens is 277 g/mol. The number of benzene rings is 1. The molecule has 0 radical (unpaired) electrons. The lowest BCUT2D eigenvalue weighted by Gasteiger charge is -2.05. The van der Waals surface area contributed by atoms with Crippen LogP contribution in [0.4, 0.5) is 10.1 Å². The molecule has 3 N–H and O–H groups in total. The Morgan fingerprint density at radius 3 is 2.95 bits per heavy atom. The first-order chi connectivity index (χ1) is 9.61. The van der Waals surface area contributed by atoms with Crippen LogP contribution in [-0.4, -0.2) is 17.4 Å². The number of hydrogen-bond donors (Lipinski definition) is 2. The molecule has 102 valence electrons. The number of carbonyl (C=O) groups is 1. The standard InChI is InChI=1S/C14H12FN3OS/c1-9-13(20-8-17-9)14(19)18-11-5-4-10(3-2-6-16)12(15)7-11/h4-5,7-8H,6,16H2,1H3,(H,18,19). The van der Waals surface area contributed by atoms with Crippen molar-refractivity contribution in [3.63, 3.8) is 0 Å². The van der Waals surface area contributed by atoms with Crippen LogP contribution < -0.4 is 11.1 Å². The van der Waals surface area contributed by atoms with Gasteiger partial charge in [0.05, 0.1) is 23.3 Å². The maximum atomic E-state index is 13.7. The Kier molecular flexibility index (Phi) is 4.45. The molecule has 0 fully saturated rings. The molecule has 0 saturated heterocycles. The Labute approximate surface area is 119 Å². The van der Waals surface area contributed by atoms with Crippen molar-refractivity contribution < 1.29 is 9.18 Å². The van der Waals surface area contributed by atoms with Gasteiger partial charge in [0.25, 0.3) is 5.91 Å². The van der Waals surface area contributed by atoms with E-state index < -0.39 is 5.82 Å². The Balaban J connectivity index is 2.17. The molecule has 1 heterocycles. The van der Waals surface area contributed by atoms with Crippen LogP contribution in [0.5, 0.6) is 0 Å². The first kappa shape index (κ1) is 14.2. The van der Waals surface area contributed by atoms with Gasteiger partial charge in [0.15, 0.2) is 0 Å². The second-order valence-corrected chi connectivity index (χ2v) is 4.78. The molecule has 0 atom stereocenters. The molecule has 20 heavy (non-hydrogen) atoms. The van der Waals surface area contributed by atoms with Crippen molar-refractivity contribution in [2.45, 2.75) is 6.92 Å². The Bertz CT molecular complexity index is 700. The fourth-order valence-corrected chi connectivity index (χ4v) is 2.25. The summed E-state index contributed by atoms with van der Waals surface area (Å²) in [4.78, 5) is 16.5. The number of nitrogens with two attached hydrogens (primary N) is 1. The van der Waals surface area contributed by atoms with Crippen LogP contribution in [0.3, 0.4) is 0 Å². The maximum Gasteiger partial charge on any atom is 0.267 e. The van der Waals surface area contributed by atoms with Crippen molar-refractivity contribution in [1.82, 2.24) is 4.98 Å². The van der Waals surface area contributed by atoms with Gasteiger partial charge in [-0.1, -0.05) is 11.8 Å². The van der Waals surface area contributed by atoms with Gasteiger partial charge in [0.1, 0.15) is 10.7 Å². The van der Waals surface area contributed by atoms with Crippen LogP contribution in [-0.2, 0) is 0 Å². The lowest BCUT2D eigenvalue weighted by Crippen LogP contribution is -2.11. The van der Waals surface area contributed by atoms with E-state index in [1.165, 1.54) is 23.5 Å². The molecule has 6 heteroatoms. The Morgan fingerprint density at radius 1 is 1.55 bits per heavy atom. The number of rotatable bonds is 2. The summed E-state index contributed by atoms with van der Waals surface area (Å²) in [6.45, 7) is 1.92. The van der Waals surface area contributed by atoms with Crippen molar-refractivity contribution in [2.24, 2.45) is 5.73 Å². The number of nitrogens with zero attached hydrogens (tertiary/aromatic N) is 1. The summed E-state index contributed by atoms with van der Waals surface area (Å²) < 4.78 is 13.7. The number of carbonyl (C=O) groups excluding carboxylic acids is 1. The van der Waals surface area contributed by atoms with Gasteiger partial charge in [-0.25, -0.2) is 9.37 Å². The van der Waals surface area contributed by atoms with Crippen LogP contribution in [0.15, 0.2) is 23.7 Å². The molecule has 0 saturated carbocycles. The normalized spacial score (nSPS) is 9.75. The predicted octanol–water partition coefficient (Wildman–Crippen LogP) is 2.15. The average molecular weight is 289 g/mol. The second-order valence-electron chi connectivity index (χ2n) is 3.92. The molecule has 4 nitrogen and oxygen atoms in total. The molecule has 2 rings (SSSR count). The summed E-state index contributed by atoms with van der Waals surface area (Å²) in [5.41, 5.74) is 8.10. The highest BCUT2D eigenvalue weighted by molar-refractivity contribution is 7.12. The highest BCUT2D eigenvalue weighted by atomic mass is 32.1. The van der Waals surface area contributed by atoms with Gasteiger partial charge in [0.2, 0.25) is 0 Å². The van der Waals surface area contributed by atoms with E-state index in [0.717, 1.165) is 0 Å². The summed E-state index contributed by atoms with van der Waals surface area (Å²) in [5, 5.41) is 2.63. The molecular formula is C14H12FN3OS. The van der Waals surface area contributed by atoms with E-state index in [9.17, 15) is 9.18 Å². The van der Waals surface area contributed by atoms with Gasteiger partial charge in [-0.2, -0.15) is 0 Å².